The van der Waals surface area contributed by atoms with E-state index in [0.717, 1.165) is 51.8 Å². The molecule has 1 rings (SSSR count). The van der Waals surface area contributed by atoms with E-state index in [1.54, 1.807) is 12.1 Å². The van der Waals surface area contributed by atoms with Gasteiger partial charge in [-0.15, -0.1) is 0 Å². The molecule has 1 aromatic carbocycles. The fourth-order valence-electron chi connectivity index (χ4n) is 3.61. The van der Waals surface area contributed by atoms with Crippen LogP contribution in [-0.2, 0) is 7.87 Å². The van der Waals surface area contributed by atoms with E-state index in [0.29, 0.717) is 5.56 Å². The molecule has 1 aromatic rings. The first kappa shape index (κ1) is 26.0. The molecule has 0 unspecified atom stereocenters. The van der Waals surface area contributed by atoms with Gasteiger partial charge in [0.25, 0.3) is 0 Å². The Kier molecular flexibility index (Phi) is 12.6. The van der Waals surface area contributed by atoms with Crippen LogP contribution < -0.4 is 5.32 Å². The SMILES string of the molecule is CCC[CH2][Sn]([CH2]CCC)([CH2]CCC)[O]C(=O)[C@@H](NC(=O)c1ccccc1)C(C)C. The summed E-state index contributed by atoms with van der Waals surface area (Å²) in [7, 11) is 0. The first-order valence-corrected chi connectivity index (χ1v) is 18.7. The van der Waals surface area contributed by atoms with Gasteiger partial charge in [-0.1, -0.05) is 0 Å². The van der Waals surface area contributed by atoms with Crippen LogP contribution in [-0.4, -0.2) is 36.7 Å². The van der Waals surface area contributed by atoms with Crippen LogP contribution in [0.2, 0.25) is 13.3 Å². The maximum atomic E-state index is 13.3. The van der Waals surface area contributed by atoms with E-state index in [4.69, 9.17) is 3.07 Å². The van der Waals surface area contributed by atoms with Crippen LogP contribution >= 0.6 is 0 Å². The monoisotopic (exact) mass is 511 g/mol. The van der Waals surface area contributed by atoms with E-state index >= 15 is 0 Å². The molecule has 4 nitrogen and oxygen atoms in total. The van der Waals surface area contributed by atoms with Crippen molar-refractivity contribution in [3.63, 3.8) is 0 Å². The first-order valence-electron chi connectivity index (χ1n) is 11.5. The van der Waals surface area contributed by atoms with Crippen LogP contribution in [0.4, 0.5) is 0 Å². The van der Waals surface area contributed by atoms with Crippen molar-refractivity contribution in [1.82, 2.24) is 5.32 Å². The second-order valence-corrected chi connectivity index (χ2v) is 20.1. The Hall–Kier alpha value is -1.04. The van der Waals surface area contributed by atoms with Gasteiger partial charge < -0.3 is 0 Å². The van der Waals surface area contributed by atoms with Crippen LogP contribution in [0.5, 0.6) is 0 Å². The van der Waals surface area contributed by atoms with Gasteiger partial charge in [-0.05, 0) is 0 Å². The third-order valence-corrected chi connectivity index (χ3v) is 18.2. The van der Waals surface area contributed by atoms with Gasteiger partial charge in [-0.2, -0.15) is 0 Å². The number of amides is 1. The number of hydrogen-bond donors (Lipinski definition) is 1. The van der Waals surface area contributed by atoms with Crippen molar-refractivity contribution in [1.29, 1.82) is 0 Å². The van der Waals surface area contributed by atoms with Gasteiger partial charge in [0, 0.05) is 0 Å². The summed E-state index contributed by atoms with van der Waals surface area (Å²) in [6.07, 6.45) is 6.81. The molecule has 0 aliphatic rings. The zero-order valence-corrected chi connectivity index (χ0v) is 22.0. The molecule has 0 spiro atoms. The molecule has 5 heteroatoms. The predicted molar refractivity (Wildman–Crippen MR) is 124 cm³/mol. The summed E-state index contributed by atoms with van der Waals surface area (Å²) >= 11 is -3.06. The average Bonchev–Trinajstić information content (AvgIpc) is 2.73. The van der Waals surface area contributed by atoms with Gasteiger partial charge in [-0.25, -0.2) is 0 Å². The number of unbranched alkanes of at least 4 members (excludes halogenated alkanes) is 3. The summed E-state index contributed by atoms with van der Waals surface area (Å²) in [4.78, 5) is 25.9. The maximum absolute atomic E-state index is 13.3. The zero-order chi connectivity index (χ0) is 21.7. The fraction of sp³-hybridized carbons (Fsp3) is 0.667. The van der Waals surface area contributed by atoms with Crippen LogP contribution in [0, 0.1) is 5.92 Å². The number of hydrogen-bond acceptors (Lipinski definition) is 3. The Balaban J connectivity index is 2.99. The third-order valence-electron chi connectivity index (χ3n) is 5.52. The van der Waals surface area contributed by atoms with Crippen LogP contribution in [0.3, 0.4) is 0 Å². The van der Waals surface area contributed by atoms with Crippen LogP contribution in [0.15, 0.2) is 30.3 Å². The molecule has 29 heavy (non-hydrogen) atoms. The van der Waals surface area contributed by atoms with Crippen LogP contribution in [0.1, 0.15) is 83.5 Å². The first-order chi connectivity index (χ1) is 13.9. The number of nitrogens with one attached hydrogen (secondary N) is 1. The second kappa shape index (κ2) is 14.0. The molecule has 0 saturated heterocycles. The molecular weight excluding hydrogens is 469 g/mol. The van der Waals surface area contributed by atoms with Gasteiger partial charge in [0.2, 0.25) is 0 Å². The number of carbonyl (C=O) groups is 2. The molecule has 1 amide bonds. The number of rotatable bonds is 14. The Morgan fingerprint density at radius 3 is 1.79 bits per heavy atom. The van der Waals surface area contributed by atoms with E-state index in [9.17, 15) is 9.59 Å². The Labute approximate surface area is 182 Å². The van der Waals surface area contributed by atoms with Gasteiger partial charge in [0.05, 0.1) is 0 Å². The van der Waals surface area contributed by atoms with Crippen molar-refractivity contribution < 1.29 is 12.7 Å². The molecule has 0 fully saturated rings. The van der Waals surface area contributed by atoms with Crippen LogP contribution in [0.25, 0.3) is 0 Å². The van der Waals surface area contributed by atoms with Gasteiger partial charge in [-0.3, -0.25) is 0 Å². The molecule has 0 bridgehead atoms. The van der Waals surface area contributed by atoms with E-state index in [1.165, 1.54) is 0 Å². The summed E-state index contributed by atoms with van der Waals surface area (Å²) < 4.78 is 9.78. The van der Waals surface area contributed by atoms with Crippen molar-refractivity contribution in [3.8, 4) is 0 Å². The molecule has 0 aliphatic heterocycles. The summed E-state index contributed by atoms with van der Waals surface area (Å²) in [5.74, 6) is -0.427. The van der Waals surface area contributed by atoms with Gasteiger partial charge in [0.15, 0.2) is 0 Å². The number of carbonyl (C=O) groups excluding carboxylic acids is 2. The Bertz CT molecular complexity index is 582. The molecule has 1 N–H and O–H groups in total. The third kappa shape index (κ3) is 9.10. The van der Waals surface area contributed by atoms with Crippen molar-refractivity contribution in [2.45, 2.75) is 92.5 Å². The number of benzene rings is 1. The molecule has 0 heterocycles. The summed E-state index contributed by atoms with van der Waals surface area (Å²) in [5, 5.41) is 2.94. The Morgan fingerprint density at radius 2 is 1.38 bits per heavy atom. The zero-order valence-electron chi connectivity index (χ0n) is 19.1. The molecule has 0 aliphatic carbocycles. The Morgan fingerprint density at radius 1 is 0.897 bits per heavy atom. The minimum absolute atomic E-state index is 0.0114. The van der Waals surface area contributed by atoms with Crippen molar-refractivity contribution in [2.24, 2.45) is 5.92 Å². The van der Waals surface area contributed by atoms with E-state index in [-0.39, 0.29) is 17.8 Å². The fourth-order valence-corrected chi connectivity index (χ4v) is 16.8. The molecular formula is C24H41NO3Sn. The van der Waals surface area contributed by atoms with E-state index < -0.39 is 24.8 Å². The molecule has 0 radical (unpaired) electrons. The standard InChI is InChI=1S/C12H15NO3.3C4H9.Sn/c1-8(2)10(12(15)16)13-11(14)9-6-4-3-5-7-9;3*1-3-4-2;/h3-8,10H,1-2H3,(H,13,14)(H,15,16);3*1,3-4H2,2H3;/q;;;;+1/p-1/t10-;;;;/m0..../s1. The normalized spacial score (nSPS) is 12.6. The minimum atomic E-state index is -3.06. The van der Waals surface area contributed by atoms with E-state index in [1.807, 2.05) is 32.0 Å². The van der Waals surface area contributed by atoms with Crippen molar-refractivity contribution in [2.75, 3.05) is 0 Å². The van der Waals surface area contributed by atoms with Gasteiger partial charge >= 0.3 is 183 Å². The quantitative estimate of drug-likeness (QED) is 0.298. The van der Waals surface area contributed by atoms with Gasteiger partial charge in [0.1, 0.15) is 0 Å². The summed E-state index contributed by atoms with van der Waals surface area (Å²) in [5.41, 5.74) is 0.573. The molecule has 0 saturated carbocycles. The van der Waals surface area contributed by atoms with Crippen molar-refractivity contribution >= 4 is 30.7 Å². The molecule has 0 aromatic heterocycles. The predicted octanol–water partition coefficient (Wildman–Crippen LogP) is 6.33. The topological polar surface area (TPSA) is 55.4 Å². The summed E-state index contributed by atoms with van der Waals surface area (Å²) in [6.45, 7) is 10.6. The average molecular weight is 510 g/mol. The van der Waals surface area contributed by atoms with E-state index in [2.05, 4.69) is 26.1 Å². The summed E-state index contributed by atoms with van der Waals surface area (Å²) in [6, 6.07) is 8.49. The van der Waals surface area contributed by atoms with Crippen molar-refractivity contribution in [3.05, 3.63) is 35.9 Å². The second-order valence-electron chi connectivity index (χ2n) is 8.48. The molecule has 164 valence electrons. The molecule has 1 atom stereocenters.